The van der Waals surface area contributed by atoms with Crippen molar-refractivity contribution in [2.45, 2.75) is 6.92 Å². The summed E-state index contributed by atoms with van der Waals surface area (Å²) in [5.74, 6) is -0.325. The van der Waals surface area contributed by atoms with Crippen LogP contribution in [0.15, 0.2) is 40.8 Å². The average Bonchev–Trinajstić information content (AvgIpc) is 2.92. The molecule has 0 fully saturated rings. The number of aromatic nitrogens is 1. The van der Waals surface area contributed by atoms with Gasteiger partial charge in [0.2, 0.25) is 11.8 Å². The molecule has 22 heavy (non-hydrogen) atoms. The van der Waals surface area contributed by atoms with Crippen LogP contribution in [0, 0.1) is 12.7 Å². The zero-order chi connectivity index (χ0) is 15.7. The Morgan fingerprint density at radius 1 is 1.32 bits per heavy atom. The fourth-order valence-electron chi connectivity index (χ4n) is 2.14. The van der Waals surface area contributed by atoms with Crippen LogP contribution in [-0.4, -0.2) is 16.8 Å². The fourth-order valence-corrected chi connectivity index (χ4v) is 2.21. The minimum Gasteiger partial charge on any atom is -0.436 e. The second kappa shape index (κ2) is 5.77. The number of halogens is 2. The molecule has 0 atom stereocenters. The third kappa shape index (κ3) is 2.80. The van der Waals surface area contributed by atoms with Gasteiger partial charge in [-0.15, -0.1) is 11.6 Å². The first kappa shape index (κ1) is 14.5. The van der Waals surface area contributed by atoms with E-state index in [1.165, 1.54) is 12.1 Å². The van der Waals surface area contributed by atoms with E-state index < -0.39 is 0 Å². The van der Waals surface area contributed by atoms with Gasteiger partial charge in [0, 0.05) is 17.3 Å². The van der Waals surface area contributed by atoms with Crippen LogP contribution < -0.4 is 5.32 Å². The molecule has 0 radical (unpaired) electrons. The van der Waals surface area contributed by atoms with Gasteiger partial charge in [-0.25, -0.2) is 9.37 Å². The Morgan fingerprint density at radius 2 is 2.14 bits per heavy atom. The number of carbonyl (C=O) groups is 1. The molecule has 0 spiro atoms. The van der Waals surface area contributed by atoms with Crippen LogP contribution in [-0.2, 0) is 4.79 Å². The predicted molar refractivity (Wildman–Crippen MR) is 83.5 cm³/mol. The fraction of sp³-hybridized carbons (Fsp3) is 0.125. The van der Waals surface area contributed by atoms with E-state index in [-0.39, 0.29) is 17.6 Å². The monoisotopic (exact) mass is 318 g/mol. The van der Waals surface area contributed by atoms with Crippen molar-refractivity contribution in [2.24, 2.45) is 0 Å². The summed E-state index contributed by atoms with van der Waals surface area (Å²) in [7, 11) is 0. The number of nitrogens with zero attached hydrogens (tertiary/aromatic N) is 1. The summed E-state index contributed by atoms with van der Waals surface area (Å²) in [6.45, 7) is 1.86. The van der Waals surface area contributed by atoms with E-state index in [1.807, 2.05) is 13.0 Å². The molecule has 3 aromatic rings. The van der Waals surface area contributed by atoms with E-state index in [0.717, 1.165) is 11.1 Å². The molecule has 4 nitrogen and oxygen atoms in total. The van der Waals surface area contributed by atoms with E-state index in [9.17, 15) is 9.18 Å². The first-order valence-electron chi connectivity index (χ1n) is 6.60. The summed E-state index contributed by atoms with van der Waals surface area (Å²) in [6.07, 6.45) is 0. The summed E-state index contributed by atoms with van der Waals surface area (Å²) < 4.78 is 18.8. The highest BCUT2D eigenvalue weighted by atomic mass is 35.5. The minimum absolute atomic E-state index is 0.0993. The lowest BCUT2D eigenvalue weighted by molar-refractivity contribution is -0.113. The molecule has 0 aliphatic carbocycles. The Morgan fingerprint density at radius 3 is 2.86 bits per heavy atom. The highest BCUT2D eigenvalue weighted by Crippen LogP contribution is 2.27. The molecule has 0 saturated carbocycles. The number of rotatable bonds is 3. The van der Waals surface area contributed by atoms with Crippen molar-refractivity contribution < 1.29 is 13.6 Å². The van der Waals surface area contributed by atoms with Gasteiger partial charge >= 0.3 is 0 Å². The largest absolute Gasteiger partial charge is 0.436 e. The standard InChI is InChI=1S/C16H12ClFN2O2/c1-9-6-10(2-4-12(9)19-15(21)8-17)16-20-13-7-11(18)3-5-14(13)22-16/h2-7H,8H2,1H3,(H,19,21). The lowest BCUT2D eigenvalue weighted by atomic mass is 10.1. The number of fused-ring (bicyclic) bond motifs is 1. The molecule has 0 unspecified atom stereocenters. The number of anilines is 1. The SMILES string of the molecule is Cc1cc(-c2nc3cc(F)ccc3o2)ccc1NC(=O)CCl. The quantitative estimate of drug-likeness (QED) is 0.739. The molecule has 1 amide bonds. The number of benzene rings is 2. The molecule has 112 valence electrons. The van der Waals surface area contributed by atoms with Crippen molar-refractivity contribution in [3.05, 3.63) is 47.8 Å². The number of carbonyl (C=O) groups excluding carboxylic acids is 1. The normalized spacial score (nSPS) is 10.9. The van der Waals surface area contributed by atoms with Gasteiger partial charge in [0.05, 0.1) is 0 Å². The molecule has 0 aliphatic rings. The van der Waals surface area contributed by atoms with E-state index in [4.69, 9.17) is 16.0 Å². The number of amides is 1. The summed E-state index contributed by atoms with van der Waals surface area (Å²) >= 11 is 5.47. The molecular weight excluding hydrogens is 307 g/mol. The smallest absolute Gasteiger partial charge is 0.239 e. The van der Waals surface area contributed by atoms with E-state index >= 15 is 0 Å². The lowest BCUT2D eigenvalue weighted by Gasteiger charge is -2.07. The third-order valence-corrected chi connectivity index (χ3v) is 3.46. The van der Waals surface area contributed by atoms with Gasteiger partial charge in [-0.3, -0.25) is 4.79 Å². The second-order valence-electron chi connectivity index (χ2n) is 4.84. The summed E-state index contributed by atoms with van der Waals surface area (Å²) in [4.78, 5) is 15.6. The molecule has 2 aromatic carbocycles. The van der Waals surface area contributed by atoms with E-state index in [1.54, 1.807) is 18.2 Å². The van der Waals surface area contributed by atoms with Crippen molar-refractivity contribution in [1.82, 2.24) is 4.98 Å². The topological polar surface area (TPSA) is 55.1 Å². The Kier molecular flexibility index (Phi) is 3.81. The molecule has 0 aliphatic heterocycles. The number of hydrogen-bond donors (Lipinski definition) is 1. The van der Waals surface area contributed by atoms with Crippen molar-refractivity contribution in [2.75, 3.05) is 11.2 Å². The molecule has 3 rings (SSSR count). The molecule has 0 saturated heterocycles. The Balaban J connectivity index is 1.96. The minimum atomic E-state index is -0.359. The second-order valence-corrected chi connectivity index (χ2v) is 5.11. The van der Waals surface area contributed by atoms with Gasteiger partial charge in [-0.2, -0.15) is 0 Å². The Bertz CT molecular complexity index is 860. The van der Waals surface area contributed by atoms with Gasteiger partial charge < -0.3 is 9.73 Å². The number of aryl methyl sites for hydroxylation is 1. The van der Waals surface area contributed by atoms with Crippen molar-refractivity contribution in [3.8, 4) is 11.5 Å². The van der Waals surface area contributed by atoms with E-state index in [2.05, 4.69) is 10.3 Å². The van der Waals surface area contributed by atoms with Crippen LogP contribution in [0.2, 0.25) is 0 Å². The zero-order valence-corrected chi connectivity index (χ0v) is 12.4. The van der Waals surface area contributed by atoms with Gasteiger partial charge in [-0.1, -0.05) is 0 Å². The predicted octanol–water partition coefficient (Wildman–Crippen LogP) is 4.12. The average molecular weight is 319 g/mol. The summed E-state index contributed by atoms with van der Waals surface area (Å²) in [5, 5.41) is 2.70. The van der Waals surface area contributed by atoms with Crippen LogP contribution in [0.25, 0.3) is 22.6 Å². The van der Waals surface area contributed by atoms with Crippen molar-refractivity contribution in [1.29, 1.82) is 0 Å². The van der Waals surface area contributed by atoms with Crippen LogP contribution in [0.5, 0.6) is 0 Å². The van der Waals surface area contributed by atoms with Crippen molar-refractivity contribution >= 4 is 34.3 Å². The lowest BCUT2D eigenvalue weighted by Crippen LogP contribution is -2.13. The zero-order valence-electron chi connectivity index (χ0n) is 11.7. The third-order valence-electron chi connectivity index (χ3n) is 3.22. The molecule has 0 bridgehead atoms. The first-order valence-corrected chi connectivity index (χ1v) is 7.13. The maximum absolute atomic E-state index is 13.2. The van der Waals surface area contributed by atoms with Crippen molar-refractivity contribution in [3.63, 3.8) is 0 Å². The molecule has 6 heteroatoms. The Labute approximate surface area is 130 Å². The summed E-state index contributed by atoms with van der Waals surface area (Å²) in [5.41, 5.74) is 3.26. The van der Waals surface area contributed by atoms with Crippen LogP contribution in [0.3, 0.4) is 0 Å². The molecule has 1 aromatic heterocycles. The molecular formula is C16H12ClFN2O2. The van der Waals surface area contributed by atoms with Crippen LogP contribution in [0.1, 0.15) is 5.56 Å². The highest BCUT2D eigenvalue weighted by molar-refractivity contribution is 6.29. The van der Waals surface area contributed by atoms with Gasteiger partial charge in [0.15, 0.2) is 5.58 Å². The Hall–Kier alpha value is -2.40. The van der Waals surface area contributed by atoms with Gasteiger partial charge in [0.25, 0.3) is 0 Å². The number of nitrogens with one attached hydrogen (secondary N) is 1. The van der Waals surface area contributed by atoms with Crippen LogP contribution >= 0.6 is 11.6 Å². The maximum atomic E-state index is 13.2. The molecule has 1 N–H and O–H groups in total. The van der Waals surface area contributed by atoms with Crippen LogP contribution in [0.4, 0.5) is 10.1 Å². The number of alkyl halides is 1. The van der Waals surface area contributed by atoms with E-state index in [0.29, 0.717) is 22.7 Å². The van der Waals surface area contributed by atoms with Gasteiger partial charge in [-0.05, 0) is 42.8 Å². The molecule has 1 heterocycles. The highest BCUT2D eigenvalue weighted by Gasteiger charge is 2.11. The first-order chi connectivity index (χ1) is 10.6. The maximum Gasteiger partial charge on any atom is 0.239 e. The van der Waals surface area contributed by atoms with Gasteiger partial charge in [0.1, 0.15) is 17.2 Å². The number of oxazole rings is 1. The number of hydrogen-bond acceptors (Lipinski definition) is 3. The summed E-state index contributed by atoms with van der Waals surface area (Å²) in [6, 6.07) is 9.56.